The Kier molecular flexibility index (Phi) is 3.31. The number of aliphatic carboxylic acids is 1. The van der Waals surface area contributed by atoms with Crippen LogP contribution in [0.3, 0.4) is 0 Å². The number of hydrogen-bond donors (Lipinski definition) is 2. The van der Waals surface area contributed by atoms with Gasteiger partial charge < -0.3 is 10.8 Å². The van der Waals surface area contributed by atoms with Gasteiger partial charge in [-0.2, -0.15) is 0 Å². The molecule has 1 aliphatic carbocycles. The summed E-state index contributed by atoms with van der Waals surface area (Å²) in [4.78, 5) is 10.7. The molecule has 3 heteroatoms. The van der Waals surface area contributed by atoms with E-state index in [0.29, 0.717) is 5.92 Å². The van der Waals surface area contributed by atoms with E-state index in [9.17, 15) is 4.79 Å². The molecule has 0 spiro atoms. The lowest BCUT2D eigenvalue weighted by atomic mass is 9.73. The summed E-state index contributed by atoms with van der Waals surface area (Å²) in [6.07, 6.45) is 3.06. The second kappa shape index (κ2) is 4.09. The summed E-state index contributed by atoms with van der Waals surface area (Å²) in [5, 5.41) is 8.76. The Hall–Kier alpha value is -0.570. The van der Waals surface area contributed by atoms with Gasteiger partial charge in [0.2, 0.25) is 0 Å². The SMILES string of the molecule is CC1CCC([C@H](N)C(=O)O)CC1C. The summed E-state index contributed by atoms with van der Waals surface area (Å²) in [5.74, 6) is 0.664. The van der Waals surface area contributed by atoms with Crippen molar-refractivity contribution < 1.29 is 9.90 Å². The van der Waals surface area contributed by atoms with Gasteiger partial charge >= 0.3 is 5.97 Å². The average molecular weight is 185 g/mol. The third kappa shape index (κ3) is 2.44. The number of carboxylic acid groups (broad SMARTS) is 1. The average Bonchev–Trinajstić information content (AvgIpc) is 2.08. The standard InChI is InChI=1S/C10H19NO2/c1-6-3-4-8(5-7(6)2)9(11)10(12)13/h6-9H,3-5,11H2,1-2H3,(H,12,13)/t6?,7?,8?,9-/m0/s1. The van der Waals surface area contributed by atoms with Crippen LogP contribution in [0.1, 0.15) is 33.1 Å². The van der Waals surface area contributed by atoms with Crippen LogP contribution in [0.2, 0.25) is 0 Å². The van der Waals surface area contributed by atoms with Gasteiger partial charge in [-0.05, 0) is 30.6 Å². The van der Waals surface area contributed by atoms with Gasteiger partial charge in [-0.1, -0.05) is 20.3 Å². The molecular weight excluding hydrogens is 166 g/mol. The first kappa shape index (κ1) is 10.5. The molecule has 0 saturated heterocycles. The number of carbonyl (C=O) groups is 1. The summed E-state index contributed by atoms with van der Waals surface area (Å²) in [6.45, 7) is 4.42. The molecule has 3 nitrogen and oxygen atoms in total. The van der Waals surface area contributed by atoms with Crippen LogP contribution in [0, 0.1) is 17.8 Å². The summed E-state index contributed by atoms with van der Waals surface area (Å²) < 4.78 is 0. The Labute approximate surface area is 79.3 Å². The molecule has 0 bridgehead atoms. The monoisotopic (exact) mass is 185 g/mol. The first-order valence-electron chi connectivity index (χ1n) is 5.00. The van der Waals surface area contributed by atoms with Gasteiger partial charge in [-0.15, -0.1) is 0 Å². The molecule has 0 heterocycles. The second-order valence-electron chi connectivity index (χ2n) is 4.39. The van der Waals surface area contributed by atoms with Gasteiger partial charge in [0.15, 0.2) is 0 Å². The zero-order valence-corrected chi connectivity index (χ0v) is 8.36. The van der Waals surface area contributed by atoms with E-state index < -0.39 is 12.0 Å². The van der Waals surface area contributed by atoms with E-state index in [1.54, 1.807) is 0 Å². The third-order valence-corrected chi connectivity index (χ3v) is 3.43. The lowest BCUT2D eigenvalue weighted by Gasteiger charge is -2.33. The predicted octanol–water partition coefficient (Wildman–Crippen LogP) is 1.47. The first-order valence-corrected chi connectivity index (χ1v) is 5.00. The zero-order chi connectivity index (χ0) is 10.0. The van der Waals surface area contributed by atoms with Crippen LogP contribution in [0.5, 0.6) is 0 Å². The number of nitrogens with two attached hydrogens (primary N) is 1. The van der Waals surface area contributed by atoms with Gasteiger partial charge in [-0.3, -0.25) is 4.79 Å². The van der Waals surface area contributed by atoms with E-state index in [1.165, 1.54) is 0 Å². The quantitative estimate of drug-likeness (QED) is 0.684. The van der Waals surface area contributed by atoms with Crippen molar-refractivity contribution in [3.63, 3.8) is 0 Å². The van der Waals surface area contributed by atoms with Crippen LogP contribution in [0.25, 0.3) is 0 Å². The predicted molar refractivity (Wildman–Crippen MR) is 51.3 cm³/mol. The van der Waals surface area contributed by atoms with Crippen LogP contribution in [0.15, 0.2) is 0 Å². The molecule has 0 aliphatic heterocycles. The summed E-state index contributed by atoms with van der Waals surface area (Å²) in [7, 11) is 0. The summed E-state index contributed by atoms with van der Waals surface area (Å²) in [6, 6.07) is -0.657. The van der Waals surface area contributed by atoms with E-state index in [0.717, 1.165) is 25.2 Å². The minimum absolute atomic E-state index is 0.184. The Morgan fingerprint density at radius 1 is 1.38 bits per heavy atom. The molecule has 4 atom stereocenters. The number of carboxylic acids is 1. The molecule has 3 unspecified atom stereocenters. The molecule has 13 heavy (non-hydrogen) atoms. The van der Waals surface area contributed by atoms with Crippen molar-refractivity contribution in [3.8, 4) is 0 Å². The largest absolute Gasteiger partial charge is 0.480 e. The highest BCUT2D eigenvalue weighted by atomic mass is 16.4. The lowest BCUT2D eigenvalue weighted by Crippen LogP contribution is -2.41. The van der Waals surface area contributed by atoms with Crippen LogP contribution >= 0.6 is 0 Å². The van der Waals surface area contributed by atoms with Crippen LogP contribution in [0.4, 0.5) is 0 Å². The van der Waals surface area contributed by atoms with E-state index in [4.69, 9.17) is 10.8 Å². The molecule has 1 fully saturated rings. The molecule has 1 saturated carbocycles. The van der Waals surface area contributed by atoms with Crippen molar-refractivity contribution in [2.24, 2.45) is 23.5 Å². The van der Waals surface area contributed by atoms with E-state index >= 15 is 0 Å². The molecule has 1 rings (SSSR count). The Balaban J connectivity index is 2.50. The Bertz CT molecular complexity index is 193. The molecule has 3 N–H and O–H groups in total. The maximum Gasteiger partial charge on any atom is 0.320 e. The third-order valence-electron chi connectivity index (χ3n) is 3.43. The van der Waals surface area contributed by atoms with Crippen LogP contribution < -0.4 is 5.73 Å². The maximum atomic E-state index is 10.7. The van der Waals surface area contributed by atoms with Gasteiger partial charge in [0, 0.05) is 0 Å². The minimum atomic E-state index is -0.855. The highest BCUT2D eigenvalue weighted by Gasteiger charge is 2.31. The Morgan fingerprint density at radius 2 is 2.00 bits per heavy atom. The smallest absolute Gasteiger partial charge is 0.320 e. The number of hydrogen-bond acceptors (Lipinski definition) is 2. The van der Waals surface area contributed by atoms with Crippen molar-refractivity contribution in [2.75, 3.05) is 0 Å². The van der Waals surface area contributed by atoms with Gasteiger partial charge in [-0.25, -0.2) is 0 Å². The Morgan fingerprint density at radius 3 is 2.46 bits per heavy atom. The molecule has 76 valence electrons. The van der Waals surface area contributed by atoms with Crippen molar-refractivity contribution in [1.29, 1.82) is 0 Å². The maximum absolute atomic E-state index is 10.7. The topological polar surface area (TPSA) is 63.3 Å². The molecule has 0 aromatic heterocycles. The zero-order valence-electron chi connectivity index (χ0n) is 8.36. The van der Waals surface area contributed by atoms with E-state index in [-0.39, 0.29) is 5.92 Å². The molecule has 1 aliphatic rings. The van der Waals surface area contributed by atoms with Gasteiger partial charge in [0.1, 0.15) is 6.04 Å². The van der Waals surface area contributed by atoms with Crippen LogP contribution in [-0.4, -0.2) is 17.1 Å². The van der Waals surface area contributed by atoms with E-state index in [1.807, 2.05) is 0 Å². The minimum Gasteiger partial charge on any atom is -0.480 e. The molecule has 0 aromatic rings. The molecule has 0 radical (unpaired) electrons. The second-order valence-corrected chi connectivity index (χ2v) is 4.39. The number of rotatable bonds is 2. The van der Waals surface area contributed by atoms with Crippen molar-refractivity contribution in [1.82, 2.24) is 0 Å². The fourth-order valence-corrected chi connectivity index (χ4v) is 2.12. The fraction of sp³-hybridized carbons (Fsp3) is 0.900. The first-order chi connectivity index (χ1) is 6.02. The van der Waals surface area contributed by atoms with Gasteiger partial charge in [0.05, 0.1) is 0 Å². The molecule has 0 aromatic carbocycles. The van der Waals surface area contributed by atoms with E-state index in [2.05, 4.69) is 13.8 Å². The van der Waals surface area contributed by atoms with Crippen molar-refractivity contribution in [3.05, 3.63) is 0 Å². The highest BCUT2D eigenvalue weighted by molar-refractivity contribution is 5.73. The molecular formula is C10H19NO2. The summed E-state index contributed by atoms with van der Waals surface area (Å²) in [5.41, 5.74) is 5.60. The highest BCUT2D eigenvalue weighted by Crippen LogP contribution is 2.34. The van der Waals surface area contributed by atoms with Crippen molar-refractivity contribution in [2.45, 2.75) is 39.2 Å². The summed E-state index contributed by atoms with van der Waals surface area (Å²) >= 11 is 0. The fourth-order valence-electron chi connectivity index (χ4n) is 2.12. The van der Waals surface area contributed by atoms with Crippen molar-refractivity contribution >= 4 is 5.97 Å². The molecule has 0 amide bonds. The normalized spacial score (nSPS) is 37.0. The van der Waals surface area contributed by atoms with Gasteiger partial charge in [0.25, 0.3) is 0 Å². The lowest BCUT2D eigenvalue weighted by molar-refractivity contribution is -0.140. The van der Waals surface area contributed by atoms with Crippen LogP contribution in [-0.2, 0) is 4.79 Å².